The van der Waals surface area contributed by atoms with Crippen molar-refractivity contribution in [2.75, 3.05) is 18.0 Å². The summed E-state index contributed by atoms with van der Waals surface area (Å²) in [6, 6.07) is 8.98. The van der Waals surface area contributed by atoms with E-state index < -0.39 is 0 Å². The van der Waals surface area contributed by atoms with Crippen molar-refractivity contribution in [3.05, 3.63) is 29.8 Å². The van der Waals surface area contributed by atoms with Crippen molar-refractivity contribution in [1.82, 2.24) is 0 Å². The molecule has 0 amide bonds. The molecule has 2 heteroatoms. The zero-order valence-corrected chi connectivity index (χ0v) is 12.9. The smallest absolute Gasteiger partial charge is 0.0726 e. The number of anilines is 1. The third-order valence-electron chi connectivity index (χ3n) is 3.43. The van der Waals surface area contributed by atoms with Gasteiger partial charge in [-0.15, -0.1) is 0 Å². The number of nitrogens with zero attached hydrogens (tertiary/aromatic N) is 1. The molecule has 0 spiro atoms. The summed E-state index contributed by atoms with van der Waals surface area (Å²) in [4.78, 5) is 2.45. The van der Waals surface area contributed by atoms with Crippen molar-refractivity contribution in [2.24, 2.45) is 5.41 Å². The maximum Gasteiger partial charge on any atom is 0.0726 e. The van der Waals surface area contributed by atoms with E-state index in [9.17, 15) is 0 Å². The summed E-state index contributed by atoms with van der Waals surface area (Å²) in [5.74, 6) is 0. The molecule has 0 radical (unpaired) electrons. The van der Waals surface area contributed by atoms with Gasteiger partial charge in [0.05, 0.1) is 12.2 Å². The highest BCUT2D eigenvalue weighted by Crippen LogP contribution is 2.25. The molecule has 0 bridgehead atoms. The first-order valence-electron chi connectivity index (χ1n) is 7.33. The highest BCUT2D eigenvalue weighted by atomic mass is 16.5. The number of hydrogen-bond donors (Lipinski definition) is 0. The molecule has 2 atom stereocenters. The van der Waals surface area contributed by atoms with Crippen molar-refractivity contribution in [3.63, 3.8) is 0 Å². The van der Waals surface area contributed by atoms with Gasteiger partial charge in [-0.3, -0.25) is 0 Å². The maximum absolute atomic E-state index is 5.81. The van der Waals surface area contributed by atoms with E-state index in [4.69, 9.17) is 4.74 Å². The van der Waals surface area contributed by atoms with E-state index in [1.54, 1.807) is 0 Å². The summed E-state index contributed by atoms with van der Waals surface area (Å²) >= 11 is 0. The minimum Gasteiger partial charge on any atom is -0.372 e. The van der Waals surface area contributed by atoms with E-state index in [1.165, 1.54) is 11.3 Å². The molecule has 1 heterocycles. The van der Waals surface area contributed by atoms with Crippen LogP contribution in [0, 0.1) is 5.41 Å². The number of ether oxygens (including phenoxy) is 1. The van der Waals surface area contributed by atoms with Gasteiger partial charge in [0.25, 0.3) is 0 Å². The van der Waals surface area contributed by atoms with Crippen LogP contribution in [-0.2, 0) is 11.2 Å². The molecule has 0 saturated carbocycles. The summed E-state index contributed by atoms with van der Waals surface area (Å²) in [5.41, 5.74) is 3.10. The first kappa shape index (κ1) is 14.4. The zero-order chi connectivity index (χ0) is 14.0. The lowest BCUT2D eigenvalue weighted by atomic mass is 9.88. The summed E-state index contributed by atoms with van der Waals surface area (Å²) in [6.07, 6.45) is 1.75. The Morgan fingerprint density at radius 2 is 1.79 bits per heavy atom. The number of hydrogen-bond acceptors (Lipinski definition) is 2. The van der Waals surface area contributed by atoms with Crippen molar-refractivity contribution >= 4 is 5.69 Å². The molecule has 19 heavy (non-hydrogen) atoms. The monoisotopic (exact) mass is 261 g/mol. The normalized spacial score (nSPS) is 24.6. The minimum atomic E-state index is 0.315. The second kappa shape index (κ2) is 5.54. The Balaban J connectivity index is 2.14. The molecular weight excluding hydrogens is 234 g/mol. The lowest BCUT2D eigenvalue weighted by molar-refractivity contribution is -0.00522. The highest BCUT2D eigenvalue weighted by Gasteiger charge is 2.22. The fourth-order valence-corrected chi connectivity index (χ4v) is 2.86. The number of morpholine rings is 1. The summed E-state index contributed by atoms with van der Waals surface area (Å²) in [7, 11) is 0. The predicted octanol–water partition coefficient (Wildman–Crippen LogP) is 3.89. The first-order valence-corrected chi connectivity index (χ1v) is 7.33. The maximum atomic E-state index is 5.81. The molecule has 1 aliphatic heterocycles. The van der Waals surface area contributed by atoms with Gasteiger partial charge in [-0.25, -0.2) is 0 Å². The standard InChI is InChI=1S/C17H27NO/c1-13-11-18(12-14(2)19-13)16-8-6-7-15(9-16)10-17(3,4)5/h6-9,13-14H,10-12H2,1-5H3. The third-order valence-corrected chi connectivity index (χ3v) is 3.43. The van der Waals surface area contributed by atoms with Crippen LogP contribution in [0.4, 0.5) is 5.69 Å². The summed E-state index contributed by atoms with van der Waals surface area (Å²) < 4.78 is 5.81. The molecule has 0 aromatic heterocycles. The average molecular weight is 261 g/mol. The SMILES string of the molecule is CC1CN(c2cccc(CC(C)(C)C)c2)CC(C)O1. The van der Waals surface area contributed by atoms with E-state index in [1.807, 2.05) is 0 Å². The highest BCUT2D eigenvalue weighted by molar-refractivity contribution is 5.49. The Morgan fingerprint density at radius 3 is 2.37 bits per heavy atom. The zero-order valence-electron chi connectivity index (χ0n) is 12.9. The summed E-state index contributed by atoms with van der Waals surface area (Å²) in [6.45, 7) is 13.2. The van der Waals surface area contributed by atoms with Crippen LogP contribution in [0.1, 0.15) is 40.2 Å². The second-order valence-electron chi connectivity index (χ2n) is 7.07. The van der Waals surface area contributed by atoms with E-state index in [0.29, 0.717) is 17.6 Å². The van der Waals surface area contributed by atoms with Gasteiger partial charge in [0.15, 0.2) is 0 Å². The van der Waals surface area contributed by atoms with Crippen molar-refractivity contribution < 1.29 is 4.74 Å². The van der Waals surface area contributed by atoms with Gasteiger partial charge >= 0.3 is 0 Å². The van der Waals surface area contributed by atoms with Crippen molar-refractivity contribution in [2.45, 2.75) is 53.2 Å². The molecule has 1 aromatic carbocycles. The molecular formula is C17H27NO. The van der Waals surface area contributed by atoms with Crippen LogP contribution in [0.25, 0.3) is 0 Å². The minimum absolute atomic E-state index is 0.315. The molecule has 2 nitrogen and oxygen atoms in total. The lowest BCUT2D eigenvalue weighted by Crippen LogP contribution is -2.45. The van der Waals surface area contributed by atoms with E-state index in [2.05, 4.69) is 63.8 Å². The van der Waals surface area contributed by atoms with Gasteiger partial charge in [-0.1, -0.05) is 32.9 Å². The largest absolute Gasteiger partial charge is 0.372 e. The molecule has 2 rings (SSSR count). The van der Waals surface area contributed by atoms with Gasteiger partial charge in [-0.2, -0.15) is 0 Å². The van der Waals surface area contributed by atoms with Crippen LogP contribution in [-0.4, -0.2) is 25.3 Å². The molecule has 106 valence electrons. The van der Waals surface area contributed by atoms with Crippen LogP contribution in [0.5, 0.6) is 0 Å². The van der Waals surface area contributed by atoms with Gasteiger partial charge in [0.2, 0.25) is 0 Å². The Hall–Kier alpha value is -1.02. The van der Waals surface area contributed by atoms with Crippen LogP contribution in [0.3, 0.4) is 0 Å². The Morgan fingerprint density at radius 1 is 1.16 bits per heavy atom. The molecule has 2 unspecified atom stereocenters. The third kappa shape index (κ3) is 4.24. The quantitative estimate of drug-likeness (QED) is 0.801. The number of rotatable bonds is 2. The lowest BCUT2D eigenvalue weighted by Gasteiger charge is -2.37. The molecule has 1 fully saturated rings. The Bertz CT molecular complexity index is 412. The van der Waals surface area contributed by atoms with Gasteiger partial charge in [0, 0.05) is 18.8 Å². The van der Waals surface area contributed by atoms with Crippen LogP contribution in [0.2, 0.25) is 0 Å². The van der Waals surface area contributed by atoms with Crippen LogP contribution in [0.15, 0.2) is 24.3 Å². The van der Waals surface area contributed by atoms with E-state index in [0.717, 1.165) is 19.5 Å². The molecule has 1 saturated heterocycles. The fraction of sp³-hybridized carbons (Fsp3) is 0.647. The molecule has 1 aliphatic rings. The fourth-order valence-electron chi connectivity index (χ4n) is 2.86. The average Bonchev–Trinajstić information content (AvgIpc) is 2.25. The van der Waals surface area contributed by atoms with Crippen molar-refractivity contribution in [3.8, 4) is 0 Å². The first-order chi connectivity index (χ1) is 8.83. The van der Waals surface area contributed by atoms with E-state index >= 15 is 0 Å². The molecule has 0 N–H and O–H groups in total. The molecule has 1 aromatic rings. The predicted molar refractivity (Wildman–Crippen MR) is 81.8 cm³/mol. The Labute approximate surface area is 117 Å². The van der Waals surface area contributed by atoms with Crippen LogP contribution >= 0.6 is 0 Å². The van der Waals surface area contributed by atoms with Gasteiger partial charge < -0.3 is 9.64 Å². The van der Waals surface area contributed by atoms with Crippen LogP contribution < -0.4 is 4.90 Å². The van der Waals surface area contributed by atoms with Crippen molar-refractivity contribution in [1.29, 1.82) is 0 Å². The van der Waals surface area contributed by atoms with Gasteiger partial charge in [-0.05, 0) is 43.4 Å². The Kier molecular flexibility index (Phi) is 4.19. The molecule has 0 aliphatic carbocycles. The van der Waals surface area contributed by atoms with E-state index in [-0.39, 0.29) is 0 Å². The number of benzene rings is 1. The topological polar surface area (TPSA) is 12.5 Å². The second-order valence-corrected chi connectivity index (χ2v) is 7.07. The van der Waals surface area contributed by atoms with Gasteiger partial charge in [0.1, 0.15) is 0 Å². The summed E-state index contributed by atoms with van der Waals surface area (Å²) in [5, 5.41) is 0.